The van der Waals surface area contributed by atoms with E-state index < -0.39 is 0 Å². The van der Waals surface area contributed by atoms with Crippen LogP contribution in [0.15, 0.2) is 0 Å². The van der Waals surface area contributed by atoms with E-state index in [0.29, 0.717) is 6.04 Å². The number of nitrogens with zero attached hydrogens (tertiary/aromatic N) is 1. The lowest BCUT2D eigenvalue weighted by atomic mass is 9.89. The molecule has 82 valence electrons. The zero-order chi connectivity index (χ0) is 10.2. The molecule has 0 amide bonds. The first-order valence-electron chi connectivity index (χ1n) is 5.71. The summed E-state index contributed by atoms with van der Waals surface area (Å²) in [6.07, 6.45) is 2.66. The van der Waals surface area contributed by atoms with Crippen LogP contribution in [0.5, 0.6) is 0 Å². The SMILES string of the molecule is CC(C)(C(N)C1CC1)N1CCOCC1. The number of hydrogen-bond donors (Lipinski definition) is 1. The molecule has 3 nitrogen and oxygen atoms in total. The van der Waals surface area contributed by atoms with Gasteiger partial charge in [-0.25, -0.2) is 0 Å². The zero-order valence-electron chi connectivity index (χ0n) is 9.33. The number of ether oxygens (including phenoxy) is 1. The maximum absolute atomic E-state index is 6.31. The Morgan fingerprint density at radius 3 is 2.36 bits per heavy atom. The largest absolute Gasteiger partial charge is 0.379 e. The molecule has 0 aromatic heterocycles. The number of rotatable bonds is 3. The minimum atomic E-state index is 0.144. The van der Waals surface area contributed by atoms with Crippen molar-refractivity contribution in [2.75, 3.05) is 26.3 Å². The highest BCUT2D eigenvalue weighted by atomic mass is 16.5. The minimum Gasteiger partial charge on any atom is -0.379 e. The molecule has 1 aliphatic carbocycles. The summed E-state index contributed by atoms with van der Waals surface area (Å²) in [5, 5.41) is 0. The van der Waals surface area contributed by atoms with Crippen molar-refractivity contribution in [3.05, 3.63) is 0 Å². The average molecular weight is 198 g/mol. The lowest BCUT2D eigenvalue weighted by Crippen LogP contribution is -2.59. The second-order valence-electron chi connectivity index (χ2n) is 5.12. The molecule has 2 N–H and O–H groups in total. The quantitative estimate of drug-likeness (QED) is 0.730. The molecule has 1 atom stereocenters. The van der Waals surface area contributed by atoms with Gasteiger partial charge < -0.3 is 10.5 Å². The first-order chi connectivity index (χ1) is 6.62. The van der Waals surface area contributed by atoms with Crippen LogP contribution in [-0.4, -0.2) is 42.8 Å². The van der Waals surface area contributed by atoms with E-state index >= 15 is 0 Å². The number of nitrogens with two attached hydrogens (primary N) is 1. The molecule has 1 saturated carbocycles. The van der Waals surface area contributed by atoms with Gasteiger partial charge in [0.2, 0.25) is 0 Å². The summed E-state index contributed by atoms with van der Waals surface area (Å²) in [7, 11) is 0. The van der Waals surface area contributed by atoms with Crippen LogP contribution in [0.1, 0.15) is 26.7 Å². The lowest BCUT2D eigenvalue weighted by molar-refractivity contribution is -0.0211. The first kappa shape index (κ1) is 10.4. The molecule has 0 bridgehead atoms. The Bertz CT molecular complexity index is 195. The molecule has 0 aromatic rings. The molecule has 2 aliphatic rings. The van der Waals surface area contributed by atoms with Crippen molar-refractivity contribution in [3.63, 3.8) is 0 Å². The van der Waals surface area contributed by atoms with Gasteiger partial charge in [0.15, 0.2) is 0 Å². The van der Waals surface area contributed by atoms with E-state index in [0.717, 1.165) is 32.2 Å². The summed E-state index contributed by atoms with van der Waals surface area (Å²) in [5.41, 5.74) is 6.45. The Labute approximate surface area is 86.6 Å². The zero-order valence-corrected chi connectivity index (χ0v) is 9.33. The molecule has 2 fully saturated rings. The number of morpholine rings is 1. The molecular weight excluding hydrogens is 176 g/mol. The molecule has 14 heavy (non-hydrogen) atoms. The van der Waals surface area contributed by atoms with Gasteiger partial charge in [0.05, 0.1) is 13.2 Å². The van der Waals surface area contributed by atoms with Gasteiger partial charge in [-0.05, 0) is 32.6 Å². The van der Waals surface area contributed by atoms with Crippen LogP contribution in [0.4, 0.5) is 0 Å². The average Bonchev–Trinajstić information content (AvgIpc) is 3.01. The van der Waals surface area contributed by atoms with Crippen molar-refractivity contribution in [1.29, 1.82) is 0 Å². The molecule has 2 rings (SSSR count). The lowest BCUT2D eigenvalue weighted by Gasteiger charge is -2.44. The molecule has 1 saturated heterocycles. The topological polar surface area (TPSA) is 38.5 Å². The van der Waals surface area contributed by atoms with E-state index in [1.807, 2.05) is 0 Å². The highest BCUT2D eigenvalue weighted by molar-refractivity contribution is 5.00. The Balaban J connectivity index is 1.97. The predicted molar refractivity (Wildman–Crippen MR) is 57.2 cm³/mol. The standard InChI is InChI=1S/C11H22N2O/c1-11(2,10(12)9-3-4-9)13-5-7-14-8-6-13/h9-10H,3-8,12H2,1-2H3. The molecule has 0 spiro atoms. The van der Waals surface area contributed by atoms with Crippen LogP contribution in [-0.2, 0) is 4.74 Å². The van der Waals surface area contributed by atoms with Crippen molar-refractivity contribution in [2.45, 2.75) is 38.3 Å². The Hall–Kier alpha value is -0.120. The van der Waals surface area contributed by atoms with Crippen LogP contribution in [0, 0.1) is 5.92 Å². The van der Waals surface area contributed by atoms with Crippen LogP contribution in [0.25, 0.3) is 0 Å². The van der Waals surface area contributed by atoms with E-state index in [-0.39, 0.29) is 5.54 Å². The minimum absolute atomic E-state index is 0.144. The van der Waals surface area contributed by atoms with Gasteiger partial charge in [0.25, 0.3) is 0 Å². The summed E-state index contributed by atoms with van der Waals surface area (Å²) < 4.78 is 5.37. The summed E-state index contributed by atoms with van der Waals surface area (Å²) in [5.74, 6) is 0.771. The first-order valence-corrected chi connectivity index (χ1v) is 5.71. The molecular formula is C11H22N2O. The van der Waals surface area contributed by atoms with Crippen molar-refractivity contribution in [2.24, 2.45) is 11.7 Å². The Morgan fingerprint density at radius 2 is 1.86 bits per heavy atom. The summed E-state index contributed by atoms with van der Waals surface area (Å²) in [4.78, 5) is 2.49. The molecule has 1 heterocycles. The van der Waals surface area contributed by atoms with E-state index in [1.54, 1.807) is 0 Å². The fraction of sp³-hybridized carbons (Fsp3) is 1.00. The van der Waals surface area contributed by atoms with E-state index in [2.05, 4.69) is 18.7 Å². The Kier molecular flexibility index (Phi) is 2.82. The highest BCUT2D eigenvalue weighted by Gasteiger charge is 2.42. The van der Waals surface area contributed by atoms with Gasteiger partial charge in [-0.15, -0.1) is 0 Å². The Morgan fingerprint density at radius 1 is 1.29 bits per heavy atom. The van der Waals surface area contributed by atoms with Crippen LogP contribution in [0.2, 0.25) is 0 Å². The third-order valence-electron chi connectivity index (χ3n) is 3.77. The van der Waals surface area contributed by atoms with Crippen molar-refractivity contribution < 1.29 is 4.74 Å². The summed E-state index contributed by atoms with van der Waals surface area (Å²) >= 11 is 0. The fourth-order valence-corrected chi connectivity index (χ4v) is 2.38. The van der Waals surface area contributed by atoms with Gasteiger partial charge in [0.1, 0.15) is 0 Å². The molecule has 1 aliphatic heterocycles. The molecule has 0 radical (unpaired) electrons. The normalized spacial score (nSPS) is 27.6. The monoisotopic (exact) mass is 198 g/mol. The second-order valence-corrected chi connectivity index (χ2v) is 5.12. The van der Waals surface area contributed by atoms with E-state index in [4.69, 9.17) is 10.5 Å². The van der Waals surface area contributed by atoms with E-state index in [1.165, 1.54) is 12.8 Å². The maximum atomic E-state index is 6.31. The molecule has 3 heteroatoms. The van der Waals surface area contributed by atoms with E-state index in [9.17, 15) is 0 Å². The van der Waals surface area contributed by atoms with Crippen molar-refractivity contribution >= 4 is 0 Å². The van der Waals surface area contributed by atoms with Crippen molar-refractivity contribution in [1.82, 2.24) is 4.90 Å². The van der Waals surface area contributed by atoms with Gasteiger partial charge in [-0.3, -0.25) is 4.90 Å². The third-order valence-corrected chi connectivity index (χ3v) is 3.77. The maximum Gasteiger partial charge on any atom is 0.0594 e. The van der Waals surface area contributed by atoms with Crippen molar-refractivity contribution in [3.8, 4) is 0 Å². The smallest absolute Gasteiger partial charge is 0.0594 e. The third kappa shape index (κ3) is 1.95. The van der Waals surface area contributed by atoms with Crippen LogP contribution >= 0.6 is 0 Å². The molecule has 0 aromatic carbocycles. The summed E-state index contributed by atoms with van der Waals surface area (Å²) in [6.45, 7) is 8.35. The van der Waals surface area contributed by atoms with Gasteiger partial charge >= 0.3 is 0 Å². The van der Waals surface area contributed by atoms with Crippen LogP contribution in [0.3, 0.4) is 0 Å². The van der Waals surface area contributed by atoms with Crippen LogP contribution < -0.4 is 5.73 Å². The fourth-order valence-electron chi connectivity index (χ4n) is 2.38. The highest BCUT2D eigenvalue weighted by Crippen LogP contribution is 2.38. The second kappa shape index (κ2) is 3.80. The number of hydrogen-bond acceptors (Lipinski definition) is 3. The summed E-state index contributed by atoms with van der Waals surface area (Å²) in [6, 6.07) is 0.334. The molecule has 1 unspecified atom stereocenters. The van der Waals surface area contributed by atoms with Gasteiger partial charge in [-0.1, -0.05) is 0 Å². The predicted octanol–water partition coefficient (Wildman–Crippen LogP) is 0.834. The van der Waals surface area contributed by atoms with Gasteiger partial charge in [-0.2, -0.15) is 0 Å². The van der Waals surface area contributed by atoms with Gasteiger partial charge in [0, 0.05) is 24.7 Å².